The predicted octanol–water partition coefficient (Wildman–Crippen LogP) is 0.997. The Bertz CT molecular complexity index is 535. The predicted molar refractivity (Wildman–Crippen MR) is 60.1 cm³/mol. The number of anilines is 1. The molecule has 1 N–H and O–H groups in total. The number of hydrogen-bond donors (Lipinski definition) is 1. The van der Waals surface area contributed by atoms with E-state index in [1.807, 2.05) is 0 Å². The molecule has 0 aromatic heterocycles. The first kappa shape index (κ1) is 11.3. The third kappa shape index (κ3) is 1.51. The van der Waals surface area contributed by atoms with Crippen LogP contribution >= 0.6 is 0 Å². The summed E-state index contributed by atoms with van der Waals surface area (Å²) in [4.78, 5) is 35.5. The van der Waals surface area contributed by atoms with Gasteiger partial charge in [-0.3, -0.25) is 14.5 Å². The summed E-state index contributed by atoms with van der Waals surface area (Å²) in [6.07, 6.45) is 0. The number of hydrogen-bond acceptors (Lipinski definition) is 3. The highest BCUT2D eigenvalue weighted by molar-refractivity contribution is 6.53. The number of carboxylic acids is 1. The van der Waals surface area contributed by atoms with Crippen molar-refractivity contribution in [3.63, 3.8) is 0 Å². The van der Waals surface area contributed by atoms with Crippen LogP contribution in [0, 0.1) is 6.92 Å². The molecule has 5 nitrogen and oxygen atoms in total. The lowest BCUT2D eigenvalue weighted by Crippen LogP contribution is -2.42. The van der Waals surface area contributed by atoms with Gasteiger partial charge in [-0.05, 0) is 25.5 Å². The van der Waals surface area contributed by atoms with Gasteiger partial charge in [0, 0.05) is 0 Å². The number of amides is 1. The maximum absolute atomic E-state index is 11.8. The largest absolute Gasteiger partial charge is 0.480 e. The Balaban J connectivity index is 2.62. The van der Waals surface area contributed by atoms with E-state index in [1.165, 1.54) is 13.0 Å². The molecule has 0 saturated heterocycles. The minimum atomic E-state index is -1.14. The molecule has 2 rings (SSSR count). The third-order valence-electron chi connectivity index (χ3n) is 2.88. The minimum absolute atomic E-state index is 0.281. The van der Waals surface area contributed by atoms with E-state index >= 15 is 0 Å². The molecular formula is C12H11NO4. The number of fused-ring (bicyclic) bond motifs is 1. The first-order valence-electron chi connectivity index (χ1n) is 5.15. The number of carbonyl (C=O) groups is 3. The Labute approximate surface area is 97.7 Å². The van der Waals surface area contributed by atoms with E-state index in [-0.39, 0.29) is 5.56 Å². The van der Waals surface area contributed by atoms with Crippen molar-refractivity contribution < 1.29 is 19.5 Å². The number of aryl methyl sites for hydroxylation is 1. The molecule has 1 unspecified atom stereocenters. The Kier molecular flexibility index (Phi) is 2.46. The zero-order chi connectivity index (χ0) is 12.7. The zero-order valence-corrected chi connectivity index (χ0v) is 9.43. The van der Waals surface area contributed by atoms with E-state index in [2.05, 4.69) is 0 Å². The summed E-state index contributed by atoms with van der Waals surface area (Å²) in [5.41, 5.74) is 1.41. The van der Waals surface area contributed by atoms with Crippen molar-refractivity contribution in [3.8, 4) is 0 Å². The van der Waals surface area contributed by atoms with E-state index in [4.69, 9.17) is 5.11 Å². The molecule has 0 bridgehead atoms. The number of Topliss-reactive ketones (excluding diaryl/α,β-unsaturated/α-hetero) is 1. The Morgan fingerprint density at radius 1 is 1.35 bits per heavy atom. The number of nitrogens with zero attached hydrogens (tertiary/aromatic N) is 1. The first-order valence-corrected chi connectivity index (χ1v) is 5.15. The van der Waals surface area contributed by atoms with E-state index < -0.39 is 23.7 Å². The smallest absolute Gasteiger partial charge is 0.326 e. The minimum Gasteiger partial charge on any atom is -0.480 e. The van der Waals surface area contributed by atoms with Crippen LogP contribution in [0.1, 0.15) is 22.8 Å². The van der Waals surface area contributed by atoms with Crippen LogP contribution < -0.4 is 4.90 Å². The van der Waals surface area contributed by atoms with Crippen molar-refractivity contribution in [3.05, 3.63) is 29.3 Å². The summed E-state index contributed by atoms with van der Waals surface area (Å²) in [5, 5.41) is 8.96. The fourth-order valence-electron chi connectivity index (χ4n) is 1.97. The van der Waals surface area contributed by atoms with Crippen LogP contribution in [0.5, 0.6) is 0 Å². The molecule has 17 heavy (non-hydrogen) atoms. The fourth-order valence-corrected chi connectivity index (χ4v) is 1.97. The summed E-state index contributed by atoms with van der Waals surface area (Å²) in [5.74, 6) is -2.55. The molecule has 0 saturated carbocycles. The number of benzene rings is 1. The highest BCUT2D eigenvalue weighted by Gasteiger charge is 2.41. The lowest BCUT2D eigenvalue weighted by molar-refractivity contribution is -0.139. The normalized spacial score (nSPS) is 16.0. The molecule has 1 aliphatic heterocycles. The zero-order valence-electron chi connectivity index (χ0n) is 9.43. The molecule has 0 radical (unpaired) electrons. The van der Waals surface area contributed by atoms with Crippen molar-refractivity contribution in [2.75, 3.05) is 4.90 Å². The highest BCUT2D eigenvalue weighted by atomic mass is 16.4. The second kappa shape index (κ2) is 3.69. The standard InChI is InChI=1S/C12H11NO4/c1-6-4-3-5-8-9(6)13(7(2)12(16)17)11(15)10(8)14/h3-5,7H,1-2H3,(H,16,17). The van der Waals surface area contributed by atoms with Crippen molar-refractivity contribution in [1.29, 1.82) is 0 Å². The second-order valence-corrected chi connectivity index (χ2v) is 3.99. The van der Waals surface area contributed by atoms with E-state index in [1.54, 1.807) is 19.1 Å². The average molecular weight is 233 g/mol. The van der Waals surface area contributed by atoms with Crippen LogP contribution in [-0.4, -0.2) is 28.8 Å². The molecular weight excluding hydrogens is 222 g/mol. The average Bonchev–Trinajstić information content (AvgIpc) is 2.53. The van der Waals surface area contributed by atoms with Gasteiger partial charge in [0.15, 0.2) is 0 Å². The highest BCUT2D eigenvalue weighted by Crippen LogP contribution is 2.33. The van der Waals surface area contributed by atoms with Gasteiger partial charge in [0.1, 0.15) is 6.04 Å². The summed E-state index contributed by atoms with van der Waals surface area (Å²) in [7, 11) is 0. The molecule has 5 heteroatoms. The monoisotopic (exact) mass is 233 g/mol. The number of ketones is 1. The maximum Gasteiger partial charge on any atom is 0.326 e. The van der Waals surface area contributed by atoms with Gasteiger partial charge in [-0.1, -0.05) is 12.1 Å². The van der Waals surface area contributed by atoms with Gasteiger partial charge < -0.3 is 5.11 Å². The molecule has 1 amide bonds. The lowest BCUT2D eigenvalue weighted by Gasteiger charge is -2.22. The fraction of sp³-hybridized carbons (Fsp3) is 0.250. The Morgan fingerprint density at radius 2 is 2.00 bits per heavy atom. The van der Waals surface area contributed by atoms with Crippen molar-refractivity contribution in [2.24, 2.45) is 0 Å². The molecule has 1 aliphatic rings. The van der Waals surface area contributed by atoms with Crippen LogP contribution in [0.25, 0.3) is 0 Å². The second-order valence-electron chi connectivity index (χ2n) is 3.99. The molecule has 1 heterocycles. The van der Waals surface area contributed by atoms with Crippen LogP contribution in [-0.2, 0) is 9.59 Å². The van der Waals surface area contributed by atoms with Gasteiger partial charge in [0.2, 0.25) is 0 Å². The number of aliphatic carboxylic acids is 1. The topological polar surface area (TPSA) is 74.7 Å². The van der Waals surface area contributed by atoms with Crippen molar-refractivity contribution >= 4 is 23.3 Å². The Hall–Kier alpha value is -2.17. The van der Waals surface area contributed by atoms with E-state index in [0.717, 1.165) is 10.5 Å². The van der Waals surface area contributed by atoms with E-state index in [0.29, 0.717) is 5.69 Å². The maximum atomic E-state index is 11.8. The van der Waals surface area contributed by atoms with Crippen LogP contribution in [0.3, 0.4) is 0 Å². The number of carboxylic acid groups (broad SMARTS) is 1. The van der Waals surface area contributed by atoms with Gasteiger partial charge >= 0.3 is 5.97 Å². The molecule has 1 aromatic rings. The van der Waals surface area contributed by atoms with Crippen molar-refractivity contribution in [2.45, 2.75) is 19.9 Å². The SMILES string of the molecule is Cc1cccc2c1N(C(C)C(=O)O)C(=O)C2=O. The number of carbonyl (C=O) groups excluding carboxylic acids is 2. The molecule has 0 spiro atoms. The molecule has 1 atom stereocenters. The van der Waals surface area contributed by atoms with Gasteiger partial charge in [0.25, 0.3) is 11.7 Å². The van der Waals surface area contributed by atoms with Crippen LogP contribution in [0.2, 0.25) is 0 Å². The molecule has 0 aliphatic carbocycles. The third-order valence-corrected chi connectivity index (χ3v) is 2.88. The Morgan fingerprint density at radius 3 is 2.59 bits per heavy atom. The van der Waals surface area contributed by atoms with Crippen LogP contribution in [0.4, 0.5) is 5.69 Å². The van der Waals surface area contributed by atoms with Gasteiger partial charge in [0.05, 0.1) is 11.3 Å². The molecule has 88 valence electrons. The van der Waals surface area contributed by atoms with Gasteiger partial charge in [-0.15, -0.1) is 0 Å². The summed E-state index contributed by atoms with van der Waals surface area (Å²) >= 11 is 0. The number of para-hydroxylation sites is 1. The van der Waals surface area contributed by atoms with Gasteiger partial charge in [-0.2, -0.15) is 0 Å². The lowest BCUT2D eigenvalue weighted by atomic mass is 10.1. The van der Waals surface area contributed by atoms with Crippen LogP contribution in [0.15, 0.2) is 18.2 Å². The van der Waals surface area contributed by atoms with Gasteiger partial charge in [-0.25, -0.2) is 4.79 Å². The quantitative estimate of drug-likeness (QED) is 0.773. The molecule has 1 aromatic carbocycles. The first-order chi connectivity index (χ1) is 7.95. The van der Waals surface area contributed by atoms with E-state index in [9.17, 15) is 14.4 Å². The van der Waals surface area contributed by atoms with Crippen molar-refractivity contribution in [1.82, 2.24) is 0 Å². The molecule has 0 fully saturated rings. The summed E-state index contributed by atoms with van der Waals surface area (Å²) in [6.45, 7) is 3.13. The summed E-state index contributed by atoms with van der Waals surface area (Å²) < 4.78 is 0. The summed E-state index contributed by atoms with van der Waals surface area (Å²) in [6, 6.07) is 3.91. The number of rotatable bonds is 2.